The lowest BCUT2D eigenvalue weighted by Gasteiger charge is -2.13. The van der Waals surface area contributed by atoms with E-state index in [2.05, 4.69) is 20.4 Å². The third-order valence-corrected chi connectivity index (χ3v) is 2.47. The molecule has 4 N–H and O–H groups in total. The zero-order valence-electron chi connectivity index (χ0n) is 10.4. The summed E-state index contributed by atoms with van der Waals surface area (Å²) in [5.74, 6) is -0.360. The SMILES string of the molecule is CCC(C(=O)NCc1ccnc(C)n1)C(N)=NO. The molecule has 7 heteroatoms. The first kappa shape index (κ1) is 13.9. The van der Waals surface area contributed by atoms with E-state index in [1.807, 2.05) is 0 Å². The summed E-state index contributed by atoms with van der Waals surface area (Å²) in [5.41, 5.74) is 6.15. The van der Waals surface area contributed by atoms with Gasteiger partial charge in [0.15, 0.2) is 5.84 Å². The predicted octanol–water partition coefficient (Wildman–Crippen LogP) is 0.174. The molecule has 1 heterocycles. The quantitative estimate of drug-likeness (QED) is 0.299. The number of hydrogen-bond donors (Lipinski definition) is 3. The number of carbonyl (C=O) groups excluding carboxylic acids is 1. The van der Waals surface area contributed by atoms with Crippen LogP contribution in [-0.4, -0.2) is 26.9 Å². The van der Waals surface area contributed by atoms with Crippen molar-refractivity contribution in [3.05, 3.63) is 23.8 Å². The highest BCUT2D eigenvalue weighted by Gasteiger charge is 2.20. The fraction of sp³-hybridized carbons (Fsp3) is 0.455. The zero-order valence-corrected chi connectivity index (χ0v) is 10.4. The minimum Gasteiger partial charge on any atom is -0.409 e. The zero-order chi connectivity index (χ0) is 13.5. The van der Waals surface area contributed by atoms with Crippen molar-refractivity contribution in [1.29, 1.82) is 0 Å². The number of nitrogens with two attached hydrogens (primary N) is 1. The van der Waals surface area contributed by atoms with Gasteiger partial charge in [-0.2, -0.15) is 0 Å². The number of rotatable bonds is 5. The van der Waals surface area contributed by atoms with E-state index in [4.69, 9.17) is 10.9 Å². The summed E-state index contributed by atoms with van der Waals surface area (Å²) >= 11 is 0. The molecule has 0 aliphatic carbocycles. The van der Waals surface area contributed by atoms with Gasteiger partial charge in [0.25, 0.3) is 0 Å². The number of nitrogens with one attached hydrogen (secondary N) is 1. The van der Waals surface area contributed by atoms with Crippen LogP contribution in [0.15, 0.2) is 17.4 Å². The van der Waals surface area contributed by atoms with Crippen LogP contribution in [0.1, 0.15) is 24.9 Å². The maximum atomic E-state index is 11.8. The summed E-state index contributed by atoms with van der Waals surface area (Å²) in [5, 5.41) is 14.1. The van der Waals surface area contributed by atoms with E-state index in [9.17, 15) is 4.79 Å². The summed E-state index contributed by atoms with van der Waals surface area (Å²) in [6, 6.07) is 1.72. The summed E-state index contributed by atoms with van der Waals surface area (Å²) in [4.78, 5) is 19.9. The average Bonchev–Trinajstić information content (AvgIpc) is 2.37. The fourth-order valence-corrected chi connectivity index (χ4v) is 1.50. The Hall–Kier alpha value is -2.18. The van der Waals surface area contributed by atoms with Gasteiger partial charge in [0.2, 0.25) is 5.91 Å². The summed E-state index contributed by atoms with van der Waals surface area (Å²) in [7, 11) is 0. The second-order valence-electron chi connectivity index (χ2n) is 3.80. The Bertz CT molecular complexity index is 447. The molecule has 0 fully saturated rings. The Morgan fingerprint density at radius 2 is 2.39 bits per heavy atom. The van der Waals surface area contributed by atoms with Gasteiger partial charge in [-0.15, -0.1) is 0 Å². The van der Waals surface area contributed by atoms with Gasteiger partial charge in [0.1, 0.15) is 5.82 Å². The van der Waals surface area contributed by atoms with Crippen molar-refractivity contribution in [2.75, 3.05) is 0 Å². The highest BCUT2D eigenvalue weighted by Crippen LogP contribution is 2.03. The Morgan fingerprint density at radius 3 is 2.94 bits per heavy atom. The molecule has 1 aromatic heterocycles. The summed E-state index contributed by atoms with van der Waals surface area (Å²) in [6.07, 6.45) is 2.09. The fourth-order valence-electron chi connectivity index (χ4n) is 1.50. The van der Waals surface area contributed by atoms with Crippen LogP contribution in [0, 0.1) is 12.8 Å². The Labute approximate surface area is 105 Å². The van der Waals surface area contributed by atoms with Gasteiger partial charge in [-0.1, -0.05) is 12.1 Å². The summed E-state index contributed by atoms with van der Waals surface area (Å²) < 4.78 is 0. The van der Waals surface area contributed by atoms with Gasteiger partial charge < -0.3 is 16.3 Å². The van der Waals surface area contributed by atoms with Crippen molar-refractivity contribution in [2.24, 2.45) is 16.8 Å². The van der Waals surface area contributed by atoms with E-state index in [0.717, 1.165) is 0 Å². The van der Waals surface area contributed by atoms with E-state index in [1.54, 1.807) is 26.1 Å². The van der Waals surface area contributed by atoms with E-state index in [1.165, 1.54) is 0 Å². The van der Waals surface area contributed by atoms with Gasteiger partial charge in [0, 0.05) is 6.20 Å². The Balaban J connectivity index is 2.60. The number of aryl methyl sites for hydroxylation is 1. The van der Waals surface area contributed by atoms with Crippen LogP contribution < -0.4 is 11.1 Å². The molecule has 0 spiro atoms. The molecule has 1 atom stereocenters. The molecular weight excluding hydrogens is 234 g/mol. The van der Waals surface area contributed by atoms with Crippen LogP contribution in [0.3, 0.4) is 0 Å². The minimum absolute atomic E-state index is 0.0890. The van der Waals surface area contributed by atoms with Crippen LogP contribution >= 0.6 is 0 Å². The lowest BCUT2D eigenvalue weighted by atomic mass is 10.0. The monoisotopic (exact) mass is 251 g/mol. The molecule has 0 aromatic carbocycles. The van der Waals surface area contributed by atoms with Gasteiger partial charge >= 0.3 is 0 Å². The predicted molar refractivity (Wildman–Crippen MR) is 65.8 cm³/mol. The molecule has 1 rings (SSSR count). The van der Waals surface area contributed by atoms with Gasteiger partial charge in [-0.25, -0.2) is 9.97 Å². The molecule has 7 nitrogen and oxygen atoms in total. The highest BCUT2D eigenvalue weighted by atomic mass is 16.4. The van der Waals surface area contributed by atoms with Crippen molar-refractivity contribution in [1.82, 2.24) is 15.3 Å². The second-order valence-corrected chi connectivity index (χ2v) is 3.80. The van der Waals surface area contributed by atoms with Crippen LogP contribution in [0.4, 0.5) is 0 Å². The molecule has 0 radical (unpaired) electrons. The number of nitrogens with zero attached hydrogens (tertiary/aromatic N) is 3. The van der Waals surface area contributed by atoms with E-state index in [0.29, 0.717) is 17.9 Å². The third kappa shape index (κ3) is 3.69. The van der Waals surface area contributed by atoms with Crippen molar-refractivity contribution >= 4 is 11.7 Å². The molecule has 1 amide bonds. The normalized spacial score (nSPS) is 13.1. The lowest BCUT2D eigenvalue weighted by Crippen LogP contribution is -2.38. The number of carbonyl (C=O) groups is 1. The topological polar surface area (TPSA) is 113 Å². The first-order valence-electron chi connectivity index (χ1n) is 5.62. The van der Waals surface area contributed by atoms with Crippen LogP contribution in [0.25, 0.3) is 0 Å². The first-order chi connectivity index (χ1) is 8.58. The molecule has 0 saturated carbocycles. The molecule has 0 aliphatic rings. The molecule has 0 aliphatic heterocycles. The molecule has 1 unspecified atom stereocenters. The smallest absolute Gasteiger partial charge is 0.231 e. The molecular formula is C11H17N5O2. The highest BCUT2D eigenvalue weighted by molar-refractivity contribution is 6.01. The van der Waals surface area contributed by atoms with Crippen molar-refractivity contribution < 1.29 is 10.0 Å². The minimum atomic E-state index is -0.627. The molecule has 0 saturated heterocycles. The Morgan fingerprint density at radius 1 is 1.67 bits per heavy atom. The number of amidine groups is 1. The second kappa shape index (κ2) is 6.53. The number of oxime groups is 1. The third-order valence-electron chi connectivity index (χ3n) is 2.47. The van der Waals surface area contributed by atoms with Crippen molar-refractivity contribution in [2.45, 2.75) is 26.8 Å². The number of amides is 1. The van der Waals surface area contributed by atoms with Crippen molar-refractivity contribution in [3.8, 4) is 0 Å². The van der Waals surface area contributed by atoms with Gasteiger partial charge in [-0.3, -0.25) is 4.79 Å². The molecule has 18 heavy (non-hydrogen) atoms. The van der Waals surface area contributed by atoms with Crippen LogP contribution in [0.5, 0.6) is 0 Å². The number of hydrogen-bond acceptors (Lipinski definition) is 5. The van der Waals surface area contributed by atoms with Crippen LogP contribution in [-0.2, 0) is 11.3 Å². The standard InChI is InChI=1S/C11H17N5O2/c1-3-9(10(12)16-18)11(17)14-6-8-4-5-13-7(2)15-8/h4-5,9,18H,3,6H2,1-2H3,(H2,12,16)(H,14,17). The van der Waals surface area contributed by atoms with Gasteiger partial charge in [0.05, 0.1) is 18.2 Å². The largest absolute Gasteiger partial charge is 0.409 e. The summed E-state index contributed by atoms with van der Waals surface area (Å²) in [6.45, 7) is 3.85. The van der Waals surface area contributed by atoms with E-state index >= 15 is 0 Å². The van der Waals surface area contributed by atoms with E-state index in [-0.39, 0.29) is 18.3 Å². The number of aromatic nitrogens is 2. The Kier molecular flexibility index (Phi) is 5.04. The molecule has 1 aromatic rings. The average molecular weight is 251 g/mol. The first-order valence-corrected chi connectivity index (χ1v) is 5.62. The lowest BCUT2D eigenvalue weighted by molar-refractivity contribution is -0.123. The van der Waals surface area contributed by atoms with Crippen molar-refractivity contribution in [3.63, 3.8) is 0 Å². The maximum Gasteiger partial charge on any atom is 0.231 e. The maximum absolute atomic E-state index is 11.8. The molecule has 98 valence electrons. The molecule has 0 bridgehead atoms. The van der Waals surface area contributed by atoms with Gasteiger partial charge in [-0.05, 0) is 19.4 Å². The van der Waals surface area contributed by atoms with Crippen LogP contribution in [0.2, 0.25) is 0 Å². The van der Waals surface area contributed by atoms with E-state index < -0.39 is 5.92 Å².